The van der Waals surface area contributed by atoms with E-state index in [4.69, 9.17) is 5.11 Å². The van der Waals surface area contributed by atoms with Gasteiger partial charge in [0, 0.05) is 25.2 Å². The van der Waals surface area contributed by atoms with Crippen LogP contribution in [0.25, 0.3) is 0 Å². The highest BCUT2D eigenvalue weighted by Crippen LogP contribution is 2.23. The van der Waals surface area contributed by atoms with Gasteiger partial charge in [-0.05, 0) is 39.5 Å². The molecule has 2 aliphatic rings. The van der Waals surface area contributed by atoms with E-state index in [1.807, 2.05) is 4.90 Å². The number of carboxylic acid groups (broad SMARTS) is 1. The average Bonchev–Trinajstić information content (AvgIpc) is 2.43. The zero-order chi connectivity index (χ0) is 14.7. The predicted molar refractivity (Wildman–Crippen MR) is 76.4 cm³/mol. The Bertz CT molecular complexity index is 354. The zero-order valence-electron chi connectivity index (χ0n) is 12.5. The highest BCUT2D eigenvalue weighted by Gasteiger charge is 2.31. The van der Waals surface area contributed by atoms with Gasteiger partial charge in [0.05, 0.1) is 12.5 Å². The minimum atomic E-state index is -0.727. The summed E-state index contributed by atoms with van der Waals surface area (Å²) in [6, 6.07) is 0.943. The van der Waals surface area contributed by atoms with Crippen LogP contribution in [0.5, 0.6) is 0 Å². The first-order valence-corrected chi connectivity index (χ1v) is 7.75. The van der Waals surface area contributed by atoms with E-state index in [9.17, 15) is 9.59 Å². The number of carbonyl (C=O) groups excluding carboxylic acids is 1. The van der Waals surface area contributed by atoms with Gasteiger partial charge in [-0.25, -0.2) is 0 Å². The van der Waals surface area contributed by atoms with Crippen molar-refractivity contribution in [1.82, 2.24) is 9.80 Å². The van der Waals surface area contributed by atoms with E-state index in [1.54, 1.807) is 0 Å². The standard InChI is InChI=1S/C15H26N2O3/c1-11-4-3-5-12(2)17(11)10-14(18)16-8-6-13(7-9-16)15(19)20/h11-13H,3-10H2,1-2H3,(H,19,20)/t11-,12+. The Morgan fingerprint density at radius 2 is 1.60 bits per heavy atom. The number of aliphatic carboxylic acids is 1. The summed E-state index contributed by atoms with van der Waals surface area (Å²) >= 11 is 0. The monoisotopic (exact) mass is 282 g/mol. The molecule has 2 fully saturated rings. The van der Waals surface area contributed by atoms with Gasteiger partial charge in [0.25, 0.3) is 0 Å². The van der Waals surface area contributed by atoms with Crippen LogP contribution in [-0.2, 0) is 9.59 Å². The third-order valence-corrected chi connectivity index (χ3v) is 4.89. The van der Waals surface area contributed by atoms with Crippen LogP contribution in [0, 0.1) is 5.92 Å². The fourth-order valence-corrected chi connectivity index (χ4v) is 3.42. The van der Waals surface area contributed by atoms with E-state index in [2.05, 4.69) is 18.7 Å². The van der Waals surface area contributed by atoms with E-state index in [-0.39, 0.29) is 11.8 Å². The van der Waals surface area contributed by atoms with Gasteiger partial charge in [0.15, 0.2) is 0 Å². The van der Waals surface area contributed by atoms with Gasteiger partial charge in [0.2, 0.25) is 5.91 Å². The van der Waals surface area contributed by atoms with E-state index < -0.39 is 5.97 Å². The lowest BCUT2D eigenvalue weighted by atomic mass is 9.96. The molecule has 0 aliphatic carbocycles. The Kier molecular flexibility index (Phi) is 5.02. The lowest BCUT2D eigenvalue weighted by molar-refractivity contribution is -0.146. The second kappa shape index (κ2) is 6.57. The molecule has 2 aliphatic heterocycles. The summed E-state index contributed by atoms with van der Waals surface area (Å²) < 4.78 is 0. The van der Waals surface area contributed by atoms with E-state index >= 15 is 0 Å². The highest BCUT2D eigenvalue weighted by atomic mass is 16.4. The van der Waals surface area contributed by atoms with Gasteiger partial charge in [-0.15, -0.1) is 0 Å². The number of carbonyl (C=O) groups is 2. The maximum atomic E-state index is 12.4. The van der Waals surface area contributed by atoms with Crippen LogP contribution in [-0.4, -0.2) is 58.5 Å². The number of nitrogens with zero attached hydrogens (tertiary/aromatic N) is 2. The quantitative estimate of drug-likeness (QED) is 0.853. The average molecular weight is 282 g/mol. The number of hydrogen-bond acceptors (Lipinski definition) is 3. The van der Waals surface area contributed by atoms with Crippen molar-refractivity contribution < 1.29 is 14.7 Å². The Morgan fingerprint density at radius 1 is 1.05 bits per heavy atom. The summed E-state index contributed by atoms with van der Waals surface area (Å²) in [4.78, 5) is 27.4. The Hall–Kier alpha value is -1.10. The molecule has 114 valence electrons. The van der Waals surface area contributed by atoms with Gasteiger partial charge in [0.1, 0.15) is 0 Å². The van der Waals surface area contributed by atoms with Crippen molar-refractivity contribution in [3.05, 3.63) is 0 Å². The van der Waals surface area contributed by atoms with Crippen molar-refractivity contribution in [3.8, 4) is 0 Å². The summed E-state index contributed by atoms with van der Waals surface area (Å²) in [7, 11) is 0. The predicted octanol–water partition coefficient (Wildman–Crippen LogP) is 1.57. The third-order valence-electron chi connectivity index (χ3n) is 4.89. The molecular weight excluding hydrogens is 256 g/mol. The van der Waals surface area contributed by atoms with Crippen molar-refractivity contribution in [3.63, 3.8) is 0 Å². The fourth-order valence-electron chi connectivity index (χ4n) is 3.42. The molecule has 5 heteroatoms. The molecule has 0 aromatic carbocycles. The Labute approximate surface area is 120 Å². The van der Waals surface area contributed by atoms with Crippen LogP contribution >= 0.6 is 0 Å². The Morgan fingerprint density at radius 3 is 2.10 bits per heavy atom. The molecule has 0 bridgehead atoms. The van der Waals surface area contributed by atoms with Gasteiger partial charge in [-0.3, -0.25) is 14.5 Å². The van der Waals surface area contributed by atoms with Crippen molar-refractivity contribution in [2.24, 2.45) is 5.92 Å². The molecule has 0 radical (unpaired) electrons. The molecule has 2 rings (SSSR count). The van der Waals surface area contributed by atoms with Crippen molar-refractivity contribution >= 4 is 11.9 Å². The number of piperidine rings is 2. The summed E-state index contributed by atoms with van der Waals surface area (Å²) in [6.07, 6.45) is 4.76. The maximum Gasteiger partial charge on any atom is 0.306 e. The van der Waals surface area contributed by atoms with E-state index in [1.165, 1.54) is 19.3 Å². The maximum absolute atomic E-state index is 12.4. The number of likely N-dealkylation sites (tertiary alicyclic amines) is 2. The lowest BCUT2D eigenvalue weighted by Crippen LogP contribution is -2.51. The normalized spacial score (nSPS) is 29.4. The highest BCUT2D eigenvalue weighted by molar-refractivity contribution is 5.79. The second-order valence-electron chi connectivity index (χ2n) is 6.29. The number of rotatable bonds is 3. The fraction of sp³-hybridized carbons (Fsp3) is 0.867. The third kappa shape index (κ3) is 3.51. The largest absolute Gasteiger partial charge is 0.481 e. The molecule has 0 saturated carbocycles. The van der Waals surface area contributed by atoms with E-state index in [0.29, 0.717) is 44.6 Å². The van der Waals surface area contributed by atoms with Crippen molar-refractivity contribution in [1.29, 1.82) is 0 Å². The molecule has 20 heavy (non-hydrogen) atoms. The smallest absolute Gasteiger partial charge is 0.306 e. The summed E-state index contributed by atoms with van der Waals surface area (Å²) in [6.45, 7) is 6.05. The lowest BCUT2D eigenvalue weighted by Gasteiger charge is -2.40. The molecule has 0 unspecified atom stereocenters. The van der Waals surface area contributed by atoms with Crippen molar-refractivity contribution in [2.45, 2.75) is 58.0 Å². The zero-order valence-corrected chi connectivity index (χ0v) is 12.5. The van der Waals surface area contributed by atoms with Crippen LogP contribution < -0.4 is 0 Å². The van der Waals surface area contributed by atoms with E-state index in [0.717, 1.165) is 0 Å². The molecule has 1 amide bonds. The Balaban J connectivity index is 1.84. The number of carboxylic acids is 1. The molecule has 5 nitrogen and oxygen atoms in total. The summed E-state index contributed by atoms with van der Waals surface area (Å²) in [5.41, 5.74) is 0. The van der Waals surface area contributed by atoms with Gasteiger partial charge in [-0.2, -0.15) is 0 Å². The van der Waals surface area contributed by atoms with Crippen LogP contribution in [0.2, 0.25) is 0 Å². The summed E-state index contributed by atoms with van der Waals surface area (Å²) in [5.74, 6) is -0.836. The van der Waals surface area contributed by atoms with Gasteiger partial charge < -0.3 is 10.0 Å². The molecule has 2 saturated heterocycles. The minimum Gasteiger partial charge on any atom is -0.481 e. The number of amides is 1. The molecule has 0 aromatic heterocycles. The van der Waals surface area contributed by atoms with Crippen LogP contribution in [0.1, 0.15) is 46.0 Å². The van der Waals surface area contributed by atoms with Gasteiger partial charge in [-0.1, -0.05) is 6.42 Å². The SMILES string of the molecule is C[C@@H]1CCC[C@H](C)N1CC(=O)N1CCC(C(=O)O)CC1. The van der Waals surface area contributed by atoms with Gasteiger partial charge >= 0.3 is 5.97 Å². The molecule has 2 atom stereocenters. The molecule has 0 aromatic rings. The van der Waals surface area contributed by atoms with Crippen molar-refractivity contribution in [2.75, 3.05) is 19.6 Å². The molecule has 2 heterocycles. The minimum absolute atomic E-state index is 0.162. The van der Waals surface area contributed by atoms with Crippen LogP contribution in [0.4, 0.5) is 0 Å². The first-order valence-electron chi connectivity index (χ1n) is 7.75. The number of hydrogen-bond donors (Lipinski definition) is 1. The van der Waals surface area contributed by atoms with Crippen LogP contribution in [0.3, 0.4) is 0 Å². The molecular formula is C15H26N2O3. The first-order chi connectivity index (χ1) is 9.49. The molecule has 1 N–H and O–H groups in total. The molecule has 0 spiro atoms. The second-order valence-corrected chi connectivity index (χ2v) is 6.29. The summed E-state index contributed by atoms with van der Waals surface area (Å²) in [5, 5.41) is 8.98. The first kappa shape index (κ1) is 15.3. The van der Waals surface area contributed by atoms with Crippen LogP contribution in [0.15, 0.2) is 0 Å². The topological polar surface area (TPSA) is 60.9 Å².